The molecule has 6 heteroatoms. The lowest BCUT2D eigenvalue weighted by Crippen LogP contribution is -2.19. The number of rotatable bonds is 4. The van der Waals surface area contributed by atoms with Crippen molar-refractivity contribution in [3.05, 3.63) is 52.0 Å². The van der Waals surface area contributed by atoms with E-state index in [1.165, 1.54) is 0 Å². The van der Waals surface area contributed by atoms with Crippen LogP contribution in [0, 0.1) is 0 Å². The number of ether oxygens (including phenoxy) is 2. The number of amides is 1. The molecule has 0 spiro atoms. The van der Waals surface area contributed by atoms with E-state index in [1.807, 2.05) is 30.3 Å². The fourth-order valence-electron chi connectivity index (χ4n) is 2.26. The number of nitrogens with one attached hydrogen (secondary N) is 2. The largest absolute Gasteiger partial charge is 0.454 e. The van der Waals surface area contributed by atoms with Crippen molar-refractivity contribution in [3.8, 4) is 11.5 Å². The van der Waals surface area contributed by atoms with Gasteiger partial charge in [0.15, 0.2) is 11.5 Å². The fraction of sp³-hybridized carbons (Fsp3) is 0.188. The van der Waals surface area contributed by atoms with Crippen molar-refractivity contribution in [2.24, 2.45) is 0 Å². The van der Waals surface area contributed by atoms with E-state index in [1.54, 1.807) is 13.1 Å². The summed E-state index contributed by atoms with van der Waals surface area (Å²) in [4.78, 5) is 11.9. The van der Waals surface area contributed by atoms with Crippen molar-refractivity contribution < 1.29 is 14.3 Å². The van der Waals surface area contributed by atoms with Crippen molar-refractivity contribution in [3.63, 3.8) is 0 Å². The number of anilines is 1. The Labute approximate surface area is 136 Å². The summed E-state index contributed by atoms with van der Waals surface area (Å²) >= 11 is 3.53. The van der Waals surface area contributed by atoms with Crippen molar-refractivity contribution in [2.75, 3.05) is 19.2 Å². The van der Waals surface area contributed by atoms with E-state index < -0.39 is 0 Å². The number of hydrogen-bond acceptors (Lipinski definition) is 4. The van der Waals surface area contributed by atoms with Gasteiger partial charge in [0.05, 0.1) is 5.56 Å². The topological polar surface area (TPSA) is 59.6 Å². The molecule has 0 aliphatic carbocycles. The van der Waals surface area contributed by atoms with Crippen molar-refractivity contribution in [1.82, 2.24) is 5.32 Å². The maximum Gasteiger partial charge on any atom is 0.253 e. The number of hydrogen-bond donors (Lipinski definition) is 2. The highest BCUT2D eigenvalue weighted by Crippen LogP contribution is 2.37. The second-order valence-electron chi connectivity index (χ2n) is 4.78. The summed E-state index contributed by atoms with van der Waals surface area (Å²) in [6.45, 7) is 0.809. The lowest BCUT2D eigenvalue weighted by Gasteiger charge is -2.12. The van der Waals surface area contributed by atoms with Gasteiger partial charge in [-0.2, -0.15) is 0 Å². The maximum absolute atomic E-state index is 11.9. The van der Waals surface area contributed by atoms with Gasteiger partial charge in [0.25, 0.3) is 5.91 Å². The molecule has 22 heavy (non-hydrogen) atoms. The Kier molecular flexibility index (Phi) is 4.20. The van der Waals surface area contributed by atoms with Crippen LogP contribution >= 0.6 is 15.9 Å². The molecule has 0 saturated heterocycles. The molecular formula is C16H15BrN2O3. The van der Waals surface area contributed by atoms with Crippen LogP contribution in [0.15, 0.2) is 40.9 Å². The van der Waals surface area contributed by atoms with E-state index in [-0.39, 0.29) is 12.7 Å². The zero-order valence-corrected chi connectivity index (χ0v) is 13.6. The molecule has 1 aliphatic heterocycles. The Morgan fingerprint density at radius 1 is 1.23 bits per heavy atom. The summed E-state index contributed by atoms with van der Waals surface area (Å²) in [7, 11) is 1.62. The number of fused-ring (bicyclic) bond motifs is 1. The number of carbonyl (C=O) groups excluding carboxylic acids is 1. The Bertz CT molecular complexity index is 719. The Hall–Kier alpha value is -2.21. The zero-order valence-electron chi connectivity index (χ0n) is 12.0. The molecule has 0 unspecified atom stereocenters. The normalized spacial score (nSPS) is 12.1. The van der Waals surface area contributed by atoms with Gasteiger partial charge in [-0.15, -0.1) is 0 Å². The average Bonchev–Trinajstić information content (AvgIpc) is 2.99. The molecule has 2 aromatic carbocycles. The Morgan fingerprint density at radius 2 is 1.95 bits per heavy atom. The molecule has 114 valence electrons. The first-order chi connectivity index (χ1) is 10.7. The summed E-state index contributed by atoms with van der Waals surface area (Å²) in [5.41, 5.74) is 2.42. The van der Waals surface area contributed by atoms with Gasteiger partial charge >= 0.3 is 0 Å². The maximum atomic E-state index is 11.9. The first-order valence-corrected chi connectivity index (χ1v) is 7.61. The van der Waals surface area contributed by atoms with Gasteiger partial charge in [-0.1, -0.05) is 28.1 Å². The van der Waals surface area contributed by atoms with Crippen molar-refractivity contribution in [2.45, 2.75) is 6.54 Å². The molecule has 5 nitrogen and oxygen atoms in total. The molecule has 1 heterocycles. The molecule has 0 atom stereocenters. The van der Waals surface area contributed by atoms with Crippen molar-refractivity contribution >= 4 is 27.5 Å². The number of para-hydroxylation sites is 1. The average molecular weight is 363 g/mol. The molecule has 0 aromatic heterocycles. The second-order valence-corrected chi connectivity index (χ2v) is 5.63. The highest BCUT2D eigenvalue weighted by Gasteiger charge is 2.16. The Morgan fingerprint density at radius 3 is 2.73 bits per heavy atom. The highest BCUT2D eigenvalue weighted by molar-refractivity contribution is 9.10. The minimum absolute atomic E-state index is 0.118. The third kappa shape index (κ3) is 2.87. The minimum Gasteiger partial charge on any atom is -0.454 e. The Balaban J connectivity index is 1.80. The molecule has 0 saturated carbocycles. The number of halogens is 1. The smallest absolute Gasteiger partial charge is 0.253 e. The lowest BCUT2D eigenvalue weighted by molar-refractivity contribution is 0.0964. The van der Waals surface area contributed by atoms with Gasteiger partial charge in [-0.3, -0.25) is 4.79 Å². The fourth-order valence-corrected chi connectivity index (χ4v) is 2.72. The van der Waals surface area contributed by atoms with E-state index >= 15 is 0 Å². The first kappa shape index (κ1) is 14.7. The van der Waals surface area contributed by atoms with Crippen LogP contribution in [-0.2, 0) is 6.54 Å². The summed E-state index contributed by atoms with van der Waals surface area (Å²) in [6.07, 6.45) is 0. The van der Waals surface area contributed by atoms with Crippen LogP contribution in [0.2, 0.25) is 0 Å². The summed E-state index contributed by atoms with van der Waals surface area (Å²) in [6, 6.07) is 11.2. The van der Waals surface area contributed by atoms with Crippen LogP contribution in [0.5, 0.6) is 11.5 Å². The summed E-state index contributed by atoms with van der Waals surface area (Å²) < 4.78 is 11.7. The first-order valence-electron chi connectivity index (χ1n) is 6.82. The second kappa shape index (κ2) is 6.27. The van der Waals surface area contributed by atoms with Gasteiger partial charge in [-0.05, 0) is 29.8 Å². The minimum atomic E-state index is -0.118. The van der Waals surface area contributed by atoms with Crippen LogP contribution in [0.3, 0.4) is 0 Å². The molecule has 0 bridgehead atoms. The zero-order chi connectivity index (χ0) is 15.5. The lowest BCUT2D eigenvalue weighted by atomic mass is 10.1. The van der Waals surface area contributed by atoms with Gasteiger partial charge in [0.2, 0.25) is 6.79 Å². The molecule has 2 aromatic rings. The van der Waals surface area contributed by atoms with E-state index in [0.29, 0.717) is 12.1 Å². The third-order valence-corrected chi connectivity index (χ3v) is 4.15. The van der Waals surface area contributed by atoms with Crippen LogP contribution in [0.4, 0.5) is 5.69 Å². The molecule has 0 fully saturated rings. The third-order valence-electron chi connectivity index (χ3n) is 3.41. The van der Waals surface area contributed by atoms with Crippen LogP contribution < -0.4 is 20.1 Å². The van der Waals surface area contributed by atoms with Crippen LogP contribution in [-0.4, -0.2) is 19.7 Å². The van der Waals surface area contributed by atoms with Crippen LogP contribution in [0.25, 0.3) is 0 Å². The summed E-state index contributed by atoms with van der Waals surface area (Å²) in [5, 5.41) is 5.93. The molecular weight excluding hydrogens is 348 g/mol. The van der Waals surface area contributed by atoms with Crippen LogP contribution in [0.1, 0.15) is 15.9 Å². The van der Waals surface area contributed by atoms with Gasteiger partial charge in [0, 0.05) is 23.8 Å². The predicted octanol–water partition coefficient (Wildman–Crippen LogP) is 3.15. The standard InChI is InChI=1S/C16H15BrN2O3/c1-18-16(20)11-4-2-3-5-13(11)19-8-10-6-14-15(7-12(10)17)22-9-21-14/h2-7,19H,8-9H2,1H3,(H,18,20). The van der Waals surface area contributed by atoms with E-state index in [9.17, 15) is 4.79 Å². The van der Waals surface area contributed by atoms with E-state index in [2.05, 4.69) is 26.6 Å². The SMILES string of the molecule is CNC(=O)c1ccccc1NCc1cc2c(cc1Br)OCO2. The predicted molar refractivity (Wildman–Crippen MR) is 87.4 cm³/mol. The van der Waals surface area contributed by atoms with Crippen molar-refractivity contribution in [1.29, 1.82) is 0 Å². The monoisotopic (exact) mass is 362 g/mol. The molecule has 1 aliphatic rings. The highest BCUT2D eigenvalue weighted by atomic mass is 79.9. The molecule has 2 N–H and O–H groups in total. The number of carbonyl (C=O) groups is 1. The van der Waals surface area contributed by atoms with E-state index in [0.717, 1.165) is 27.2 Å². The summed E-state index contributed by atoms with van der Waals surface area (Å²) in [5.74, 6) is 1.36. The number of benzene rings is 2. The molecule has 3 rings (SSSR count). The molecule has 1 amide bonds. The van der Waals surface area contributed by atoms with Gasteiger partial charge < -0.3 is 20.1 Å². The molecule has 0 radical (unpaired) electrons. The van der Waals surface area contributed by atoms with Gasteiger partial charge in [0.1, 0.15) is 0 Å². The van der Waals surface area contributed by atoms with E-state index in [4.69, 9.17) is 9.47 Å². The van der Waals surface area contributed by atoms with Gasteiger partial charge in [-0.25, -0.2) is 0 Å². The quantitative estimate of drug-likeness (QED) is 0.876.